The van der Waals surface area contributed by atoms with Crippen LogP contribution in [0.25, 0.3) is 117 Å². The number of allylic oxidation sites excluding steroid dienone is 1. The van der Waals surface area contributed by atoms with Crippen LogP contribution in [0.15, 0.2) is 199 Å². The Morgan fingerprint density at radius 3 is 1.82 bits per heavy atom. The minimum atomic E-state index is 0.592. The molecule has 0 saturated heterocycles. The highest BCUT2D eigenvalue weighted by Gasteiger charge is 2.22. The van der Waals surface area contributed by atoms with E-state index in [1.165, 1.54) is 43.8 Å². The molecule has 0 unspecified atom stereocenters. The van der Waals surface area contributed by atoms with Crippen LogP contribution in [-0.4, -0.2) is 15.0 Å². The lowest BCUT2D eigenvalue weighted by atomic mass is 9.88. The normalized spacial score (nSPS) is 12.4. The van der Waals surface area contributed by atoms with Gasteiger partial charge in [-0.15, -0.1) is 0 Å². The zero-order valence-corrected chi connectivity index (χ0v) is 33.2. The molecule has 2 heterocycles. The van der Waals surface area contributed by atoms with Crippen molar-refractivity contribution >= 4 is 49.6 Å². The SMILES string of the molecule is C1=Cc2cc(-c3ccc(-c4cccc5ccccc45)cc3)c3oc4cc(-c5nc(-c6cccc(-c7ccccc7)c6)nc(-c6ccc7ccccc7c6)n5)ccc4c3c2CC1. The van der Waals surface area contributed by atoms with Crippen LogP contribution < -0.4 is 0 Å². The van der Waals surface area contributed by atoms with E-state index in [4.69, 9.17) is 19.4 Å². The van der Waals surface area contributed by atoms with Gasteiger partial charge in [-0.1, -0.05) is 170 Å². The third-order valence-corrected chi connectivity index (χ3v) is 12.2. The number of fused-ring (bicyclic) bond motifs is 7. The number of hydrogen-bond donors (Lipinski definition) is 0. The number of benzene rings is 9. The van der Waals surface area contributed by atoms with Crippen molar-refractivity contribution in [1.82, 2.24) is 15.0 Å². The molecule has 0 spiro atoms. The molecule has 0 amide bonds. The molecule has 0 saturated carbocycles. The van der Waals surface area contributed by atoms with Crippen LogP contribution in [0.3, 0.4) is 0 Å². The van der Waals surface area contributed by atoms with Crippen molar-refractivity contribution in [2.75, 3.05) is 0 Å². The van der Waals surface area contributed by atoms with E-state index < -0.39 is 0 Å². The molecule has 2 aromatic heterocycles. The van der Waals surface area contributed by atoms with Gasteiger partial charge in [0.1, 0.15) is 11.2 Å². The summed E-state index contributed by atoms with van der Waals surface area (Å²) >= 11 is 0. The molecule has 61 heavy (non-hydrogen) atoms. The average molecular weight is 780 g/mol. The Balaban J connectivity index is 1.00. The third kappa shape index (κ3) is 6.20. The first-order valence-electron chi connectivity index (χ1n) is 20.9. The second-order valence-electron chi connectivity index (χ2n) is 15.9. The van der Waals surface area contributed by atoms with Gasteiger partial charge in [-0.05, 0) is 104 Å². The number of aromatic nitrogens is 3. The fourth-order valence-electron chi connectivity index (χ4n) is 9.11. The Morgan fingerprint density at radius 1 is 0.393 bits per heavy atom. The number of hydrogen-bond acceptors (Lipinski definition) is 4. The van der Waals surface area contributed by atoms with Gasteiger partial charge in [-0.3, -0.25) is 0 Å². The highest BCUT2D eigenvalue weighted by Crippen LogP contribution is 2.43. The Labute approximate surface area is 353 Å². The van der Waals surface area contributed by atoms with Crippen LogP contribution in [0.5, 0.6) is 0 Å². The lowest BCUT2D eigenvalue weighted by molar-refractivity contribution is 0.669. The Hall–Kier alpha value is -7.95. The van der Waals surface area contributed by atoms with E-state index in [0.717, 1.165) is 73.7 Å². The molecular formula is C57H37N3O. The summed E-state index contributed by atoms with van der Waals surface area (Å²) in [6, 6.07) is 66.4. The van der Waals surface area contributed by atoms with Crippen molar-refractivity contribution < 1.29 is 4.42 Å². The Kier molecular flexibility index (Phi) is 8.27. The van der Waals surface area contributed by atoms with Gasteiger partial charge in [0, 0.05) is 33.0 Å². The van der Waals surface area contributed by atoms with Crippen molar-refractivity contribution in [2.45, 2.75) is 12.8 Å². The fourth-order valence-corrected chi connectivity index (χ4v) is 9.11. The zero-order valence-electron chi connectivity index (χ0n) is 33.2. The number of nitrogens with zero attached hydrogens (tertiary/aromatic N) is 3. The second kappa shape index (κ2) is 14.4. The second-order valence-corrected chi connectivity index (χ2v) is 15.9. The molecule has 1 aliphatic carbocycles. The molecule has 4 heteroatoms. The number of aryl methyl sites for hydroxylation is 1. The summed E-state index contributed by atoms with van der Waals surface area (Å²) in [5.41, 5.74) is 13.9. The van der Waals surface area contributed by atoms with Crippen molar-refractivity contribution in [1.29, 1.82) is 0 Å². The predicted octanol–water partition coefficient (Wildman–Crippen LogP) is 15.0. The average Bonchev–Trinajstić information content (AvgIpc) is 3.73. The molecule has 0 fully saturated rings. The number of furan rings is 1. The predicted molar refractivity (Wildman–Crippen MR) is 252 cm³/mol. The van der Waals surface area contributed by atoms with E-state index in [-0.39, 0.29) is 0 Å². The Bertz CT molecular complexity index is 3520. The van der Waals surface area contributed by atoms with Crippen LogP contribution in [-0.2, 0) is 6.42 Å². The molecule has 0 aliphatic heterocycles. The molecule has 9 aromatic carbocycles. The maximum atomic E-state index is 6.99. The molecule has 0 radical (unpaired) electrons. The summed E-state index contributed by atoms with van der Waals surface area (Å²) in [5, 5.41) is 7.08. The highest BCUT2D eigenvalue weighted by atomic mass is 16.3. The van der Waals surface area contributed by atoms with Crippen LogP contribution >= 0.6 is 0 Å². The monoisotopic (exact) mass is 779 g/mol. The molecule has 286 valence electrons. The van der Waals surface area contributed by atoms with Crippen molar-refractivity contribution in [3.63, 3.8) is 0 Å². The minimum absolute atomic E-state index is 0.592. The van der Waals surface area contributed by atoms with Crippen LogP contribution in [0.2, 0.25) is 0 Å². The van der Waals surface area contributed by atoms with E-state index in [1.807, 2.05) is 6.07 Å². The molecule has 0 N–H and O–H groups in total. The van der Waals surface area contributed by atoms with Crippen LogP contribution in [0.4, 0.5) is 0 Å². The van der Waals surface area contributed by atoms with Gasteiger partial charge >= 0.3 is 0 Å². The topological polar surface area (TPSA) is 51.8 Å². The lowest BCUT2D eigenvalue weighted by Crippen LogP contribution is -2.00. The lowest BCUT2D eigenvalue weighted by Gasteiger charge is -2.15. The molecule has 12 rings (SSSR count). The maximum Gasteiger partial charge on any atom is 0.164 e. The van der Waals surface area contributed by atoms with Crippen LogP contribution in [0, 0.1) is 0 Å². The van der Waals surface area contributed by atoms with Gasteiger partial charge in [-0.25, -0.2) is 15.0 Å². The van der Waals surface area contributed by atoms with Gasteiger partial charge in [0.2, 0.25) is 0 Å². The molecule has 4 nitrogen and oxygen atoms in total. The van der Waals surface area contributed by atoms with E-state index in [1.54, 1.807) is 0 Å². The summed E-state index contributed by atoms with van der Waals surface area (Å²) < 4.78 is 6.99. The van der Waals surface area contributed by atoms with E-state index in [2.05, 4.69) is 194 Å². The standard InChI is InChI=1S/C57H37N3O/c1-2-12-36(13-3-1)42-19-10-20-44(32-42)55-58-56(45-29-24-37-14-4-5-16-41(37)33-45)60-57(59-55)46-30-31-50-52(35-46)61-54-51(34-43-17-7-9-22-49(43)53(50)54)40-27-25-39(26-28-40)48-23-11-18-38-15-6-8-21-47(38)48/h1-8,10-21,23-35H,9,22H2. The van der Waals surface area contributed by atoms with Gasteiger partial charge in [0.15, 0.2) is 17.5 Å². The quantitative estimate of drug-likeness (QED) is 0.169. The molecule has 0 atom stereocenters. The molecular weight excluding hydrogens is 743 g/mol. The first kappa shape index (κ1) is 35.0. The first-order valence-corrected chi connectivity index (χ1v) is 20.9. The van der Waals surface area contributed by atoms with Crippen molar-refractivity contribution in [3.8, 4) is 67.5 Å². The van der Waals surface area contributed by atoms with Crippen LogP contribution in [0.1, 0.15) is 17.5 Å². The Morgan fingerprint density at radius 2 is 1.00 bits per heavy atom. The summed E-state index contributed by atoms with van der Waals surface area (Å²) in [6.07, 6.45) is 6.52. The van der Waals surface area contributed by atoms with Crippen molar-refractivity contribution in [2.24, 2.45) is 0 Å². The highest BCUT2D eigenvalue weighted by molar-refractivity contribution is 6.13. The van der Waals surface area contributed by atoms with E-state index in [0.29, 0.717) is 17.5 Å². The third-order valence-electron chi connectivity index (χ3n) is 12.2. The van der Waals surface area contributed by atoms with E-state index in [9.17, 15) is 0 Å². The summed E-state index contributed by atoms with van der Waals surface area (Å²) in [4.78, 5) is 15.5. The fraction of sp³-hybridized carbons (Fsp3) is 0.0351. The summed E-state index contributed by atoms with van der Waals surface area (Å²) in [6.45, 7) is 0. The smallest absolute Gasteiger partial charge is 0.164 e. The van der Waals surface area contributed by atoms with Gasteiger partial charge in [0.25, 0.3) is 0 Å². The van der Waals surface area contributed by atoms with E-state index >= 15 is 0 Å². The molecule has 0 bridgehead atoms. The van der Waals surface area contributed by atoms with Gasteiger partial charge in [0.05, 0.1) is 0 Å². The van der Waals surface area contributed by atoms with Gasteiger partial charge in [-0.2, -0.15) is 0 Å². The maximum absolute atomic E-state index is 6.99. The molecule has 11 aromatic rings. The summed E-state index contributed by atoms with van der Waals surface area (Å²) in [5.74, 6) is 1.83. The van der Waals surface area contributed by atoms with Crippen molar-refractivity contribution in [3.05, 3.63) is 205 Å². The largest absolute Gasteiger partial charge is 0.455 e. The number of rotatable bonds is 6. The van der Waals surface area contributed by atoms with Gasteiger partial charge < -0.3 is 4.42 Å². The first-order chi connectivity index (χ1) is 30.2. The minimum Gasteiger partial charge on any atom is -0.455 e. The molecule has 1 aliphatic rings. The summed E-state index contributed by atoms with van der Waals surface area (Å²) in [7, 11) is 0. The zero-order chi connectivity index (χ0) is 40.3.